The lowest BCUT2D eigenvalue weighted by Gasteiger charge is -2.31. The molecule has 1 aromatic carbocycles. The van der Waals surface area contributed by atoms with Gasteiger partial charge in [-0.25, -0.2) is 0 Å². The topological polar surface area (TPSA) is 69.7 Å². The molecule has 1 saturated heterocycles. The molecule has 1 fully saturated rings. The predicted octanol–water partition coefficient (Wildman–Crippen LogP) is 0.0360. The van der Waals surface area contributed by atoms with E-state index < -0.39 is 11.8 Å². The van der Waals surface area contributed by atoms with Crippen molar-refractivity contribution < 1.29 is 14.4 Å². The van der Waals surface area contributed by atoms with Crippen molar-refractivity contribution in [2.45, 2.75) is 12.8 Å². The second-order valence-corrected chi connectivity index (χ2v) is 5.28. The summed E-state index contributed by atoms with van der Waals surface area (Å²) >= 11 is 0. The molecule has 0 aliphatic carbocycles. The van der Waals surface area contributed by atoms with Crippen molar-refractivity contribution >= 4 is 18.2 Å². The second-order valence-electron chi connectivity index (χ2n) is 5.28. The minimum absolute atomic E-state index is 0.412. The van der Waals surface area contributed by atoms with Gasteiger partial charge in [0.25, 0.3) is 0 Å². The molecule has 3 amide bonds. The quantitative estimate of drug-likeness (QED) is 0.474. The maximum absolute atomic E-state index is 12.0. The number of rotatable bonds is 5. The van der Waals surface area contributed by atoms with Crippen molar-refractivity contribution in [3.05, 3.63) is 35.9 Å². The van der Waals surface area contributed by atoms with Crippen LogP contribution in [0, 0.1) is 0 Å². The molecular formula is C16H21N3O3. The van der Waals surface area contributed by atoms with E-state index in [-0.39, 0.29) is 0 Å². The van der Waals surface area contributed by atoms with Crippen LogP contribution in [0.25, 0.3) is 0 Å². The molecule has 0 unspecified atom stereocenters. The van der Waals surface area contributed by atoms with Gasteiger partial charge in [-0.05, 0) is 18.4 Å². The first-order valence-electron chi connectivity index (χ1n) is 7.51. The highest BCUT2D eigenvalue weighted by Gasteiger charge is 2.24. The lowest BCUT2D eigenvalue weighted by atomic mass is 10.1. The molecule has 0 bridgehead atoms. The summed E-state index contributed by atoms with van der Waals surface area (Å²) in [5, 5.41) is 2.66. The molecule has 0 aromatic heterocycles. The SMILES string of the molecule is O=CN1CCN(C(=O)C(=O)NCCCc2ccccc2)CC1. The van der Waals surface area contributed by atoms with Crippen molar-refractivity contribution in [2.24, 2.45) is 0 Å². The summed E-state index contributed by atoms with van der Waals surface area (Å²) in [6.07, 6.45) is 2.43. The summed E-state index contributed by atoms with van der Waals surface area (Å²) in [7, 11) is 0. The van der Waals surface area contributed by atoms with E-state index in [4.69, 9.17) is 0 Å². The molecule has 0 radical (unpaired) electrons. The van der Waals surface area contributed by atoms with E-state index in [1.54, 1.807) is 4.90 Å². The molecule has 118 valence electrons. The first kappa shape index (κ1) is 16.0. The molecule has 6 heteroatoms. The zero-order valence-electron chi connectivity index (χ0n) is 12.5. The summed E-state index contributed by atoms with van der Waals surface area (Å²) in [6.45, 7) is 2.27. The zero-order valence-corrected chi connectivity index (χ0v) is 12.5. The van der Waals surface area contributed by atoms with Gasteiger partial charge >= 0.3 is 11.8 Å². The van der Waals surface area contributed by atoms with Gasteiger partial charge in [0, 0.05) is 32.7 Å². The van der Waals surface area contributed by atoms with Gasteiger partial charge in [0.2, 0.25) is 6.41 Å². The van der Waals surface area contributed by atoms with Gasteiger partial charge in [-0.1, -0.05) is 30.3 Å². The van der Waals surface area contributed by atoms with Crippen LogP contribution < -0.4 is 5.32 Å². The number of aryl methyl sites for hydroxylation is 1. The molecule has 0 saturated carbocycles. The molecule has 22 heavy (non-hydrogen) atoms. The molecule has 1 aromatic rings. The van der Waals surface area contributed by atoms with E-state index in [0.717, 1.165) is 19.3 Å². The standard InChI is InChI=1S/C16H21N3O3/c20-13-18-9-11-19(12-10-18)16(22)15(21)17-8-4-7-14-5-2-1-3-6-14/h1-3,5-6,13H,4,7-12H2,(H,17,21). The normalized spacial score (nSPS) is 14.5. The summed E-state index contributed by atoms with van der Waals surface area (Å²) < 4.78 is 0. The number of carbonyl (C=O) groups is 3. The van der Waals surface area contributed by atoms with E-state index in [0.29, 0.717) is 32.7 Å². The van der Waals surface area contributed by atoms with Crippen molar-refractivity contribution in [2.75, 3.05) is 32.7 Å². The maximum Gasteiger partial charge on any atom is 0.312 e. The summed E-state index contributed by atoms with van der Waals surface area (Å²) in [5.41, 5.74) is 1.22. The fourth-order valence-electron chi connectivity index (χ4n) is 2.39. The van der Waals surface area contributed by atoms with Crippen molar-refractivity contribution in [3.63, 3.8) is 0 Å². The van der Waals surface area contributed by atoms with Gasteiger partial charge in [-0.2, -0.15) is 0 Å². The second kappa shape index (κ2) is 8.17. The molecular weight excluding hydrogens is 282 g/mol. The van der Waals surface area contributed by atoms with Gasteiger partial charge in [0.1, 0.15) is 0 Å². The Kier molecular flexibility index (Phi) is 5.94. The Morgan fingerprint density at radius 3 is 2.41 bits per heavy atom. The van der Waals surface area contributed by atoms with Crippen LogP contribution >= 0.6 is 0 Å². The minimum atomic E-state index is -0.562. The largest absolute Gasteiger partial charge is 0.348 e. The summed E-state index contributed by atoms with van der Waals surface area (Å²) in [6, 6.07) is 10.0. The van der Waals surface area contributed by atoms with Crippen molar-refractivity contribution in [3.8, 4) is 0 Å². The van der Waals surface area contributed by atoms with Crippen LogP contribution in [-0.2, 0) is 20.8 Å². The van der Waals surface area contributed by atoms with Crippen LogP contribution in [0.1, 0.15) is 12.0 Å². The molecule has 1 aliphatic rings. The average Bonchev–Trinajstić information content (AvgIpc) is 2.59. The van der Waals surface area contributed by atoms with Crippen LogP contribution in [0.15, 0.2) is 30.3 Å². The third kappa shape index (κ3) is 4.58. The minimum Gasteiger partial charge on any atom is -0.348 e. The number of piperazine rings is 1. The molecule has 2 rings (SSSR count). The Bertz CT molecular complexity index is 511. The number of carbonyl (C=O) groups excluding carboxylic acids is 3. The third-order valence-electron chi connectivity index (χ3n) is 3.72. The average molecular weight is 303 g/mol. The lowest BCUT2D eigenvalue weighted by Crippen LogP contribution is -2.52. The van der Waals surface area contributed by atoms with E-state index in [9.17, 15) is 14.4 Å². The highest BCUT2D eigenvalue weighted by Crippen LogP contribution is 2.02. The Morgan fingerprint density at radius 1 is 1.09 bits per heavy atom. The van der Waals surface area contributed by atoms with E-state index in [2.05, 4.69) is 5.32 Å². The first-order chi connectivity index (χ1) is 10.7. The number of benzene rings is 1. The highest BCUT2D eigenvalue weighted by molar-refractivity contribution is 6.35. The third-order valence-corrected chi connectivity index (χ3v) is 3.72. The Labute approximate surface area is 130 Å². The van der Waals surface area contributed by atoms with Gasteiger partial charge in [0.15, 0.2) is 0 Å². The highest BCUT2D eigenvalue weighted by atomic mass is 16.2. The number of nitrogens with one attached hydrogen (secondary N) is 1. The molecule has 6 nitrogen and oxygen atoms in total. The van der Waals surface area contributed by atoms with Crippen LogP contribution in [0.2, 0.25) is 0 Å². The summed E-state index contributed by atoms with van der Waals surface area (Å²) in [5.74, 6) is -1.07. The first-order valence-corrected chi connectivity index (χ1v) is 7.51. The Morgan fingerprint density at radius 2 is 1.77 bits per heavy atom. The number of hydrogen-bond donors (Lipinski definition) is 1. The fraction of sp³-hybridized carbons (Fsp3) is 0.438. The van der Waals surface area contributed by atoms with Gasteiger partial charge in [-0.3, -0.25) is 14.4 Å². The van der Waals surface area contributed by atoms with Crippen molar-refractivity contribution in [1.29, 1.82) is 0 Å². The van der Waals surface area contributed by atoms with Crippen LogP contribution in [-0.4, -0.2) is 60.7 Å². The zero-order chi connectivity index (χ0) is 15.8. The molecule has 0 atom stereocenters. The van der Waals surface area contributed by atoms with Gasteiger partial charge < -0.3 is 15.1 Å². The van der Waals surface area contributed by atoms with E-state index >= 15 is 0 Å². The number of nitrogens with zero attached hydrogens (tertiary/aromatic N) is 2. The van der Waals surface area contributed by atoms with E-state index in [1.807, 2.05) is 30.3 Å². The lowest BCUT2D eigenvalue weighted by molar-refractivity contribution is -0.147. The Balaban J connectivity index is 1.66. The van der Waals surface area contributed by atoms with Gasteiger partial charge in [-0.15, -0.1) is 0 Å². The van der Waals surface area contributed by atoms with Crippen LogP contribution in [0.5, 0.6) is 0 Å². The molecule has 1 N–H and O–H groups in total. The van der Waals surface area contributed by atoms with Crippen LogP contribution in [0.3, 0.4) is 0 Å². The van der Waals surface area contributed by atoms with Gasteiger partial charge in [0.05, 0.1) is 0 Å². The fourth-order valence-corrected chi connectivity index (χ4v) is 2.39. The predicted molar refractivity (Wildman–Crippen MR) is 82.0 cm³/mol. The van der Waals surface area contributed by atoms with Crippen LogP contribution in [0.4, 0.5) is 0 Å². The smallest absolute Gasteiger partial charge is 0.312 e. The summed E-state index contributed by atoms with van der Waals surface area (Å²) in [4.78, 5) is 37.5. The molecule has 1 heterocycles. The molecule has 0 spiro atoms. The molecule has 1 aliphatic heterocycles. The van der Waals surface area contributed by atoms with Crippen molar-refractivity contribution in [1.82, 2.24) is 15.1 Å². The number of amides is 3. The Hall–Kier alpha value is -2.37. The monoisotopic (exact) mass is 303 g/mol. The number of hydrogen-bond acceptors (Lipinski definition) is 3. The van der Waals surface area contributed by atoms with E-state index in [1.165, 1.54) is 10.5 Å². The maximum atomic E-state index is 12.0.